The van der Waals surface area contributed by atoms with Crippen LogP contribution in [0.15, 0.2) is 18.2 Å². The highest BCUT2D eigenvalue weighted by molar-refractivity contribution is 7.91. The Hall–Kier alpha value is -2.69. The van der Waals surface area contributed by atoms with E-state index in [9.17, 15) is 28.1 Å². The van der Waals surface area contributed by atoms with Gasteiger partial charge in [0, 0.05) is 31.7 Å². The summed E-state index contributed by atoms with van der Waals surface area (Å²) < 4.78 is 28.8. The summed E-state index contributed by atoms with van der Waals surface area (Å²) in [6.45, 7) is 4.89. The van der Waals surface area contributed by atoms with E-state index in [1.54, 1.807) is 13.0 Å². The molecule has 2 aliphatic heterocycles. The number of anilines is 1. The maximum atomic E-state index is 12.8. The van der Waals surface area contributed by atoms with E-state index < -0.39 is 38.8 Å². The largest absolute Gasteiger partial charge is 0.449 e. The Bertz CT molecular complexity index is 989. The molecule has 1 amide bonds. The first kappa shape index (κ1) is 24.0. The molecule has 2 aliphatic rings. The van der Waals surface area contributed by atoms with Crippen LogP contribution < -0.4 is 4.90 Å². The number of amides is 1. The quantitative estimate of drug-likeness (QED) is 0.339. The Morgan fingerprint density at radius 2 is 1.97 bits per heavy atom. The first-order valence-electron chi connectivity index (χ1n) is 10.9. The van der Waals surface area contributed by atoms with Crippen LogP contribution in [-0.2, 0) is 19.4 Å². The summed E-state index contributed by atoms with van der Waals surface area (Å²) in [6.07, 6.45) is 2.20. The molecule has 2 atom stereocenters. The van der Waals surface area contributed by atoms with Crippen molar-refractivity contribution in [1.29, 1.82) is 0 Å². The van der Waals surface area contributed by atoms with E-state index in [2.05, 4.69) is 0 Å². The SMILES string of the molecule is CCN(C(=O)[C@H](C)OC(=O)c1ccc(N2CCCCC2)c([N+](=O)[O-])c1)[C@H]1CCS(=O)(=O)C1. The minimum atomic E-state index is -3.17. The predicted molar refractivity (Wildman–Crippen MR) is 118 cm³/mol. The van der Waals surface area contributed by atoms with Gasteiger partial charge in [0.05, 0.1) is 22.0 Å². The van der Waals surface area contributed by atoms with Gasteiger partial charge in [-0.2, -0.15) is 0 Å². The predicted octanol–water partition coefficient (Wildman–Crippen LogP) is 2.17. The number of nitrogens with zero attached hydrogens (tertiary/aromatic N) is 3. The molecule has 0 saturated carbocycles. The van der Waals surface area contributed by atoms with E-state index in [0.717, 1.165) is 32.4 Å². The van der Waals surface area contributed by atoms with Crippen molar-refractivity contribution < 1.29 is 27.7 Å². The van der Waals surface area contributed by atoms with Crippen LogP contribution in [0.5, 0.6) is 0 Å². The number of benzene rings is 1. The molecule has 3 rings (SSSR count). The number of hydrogen-bond acceptors (Lipinski definition) is 8. The van der Waals surface area contributed by atoms with E-state index in [0.29, 0.717) is 12.1 Å². The van der Waals surface area contributed by atoms with Gasteiger partial charge < -0.3 is 14.5 Å². The summed E-state index contributed by atoms with van der Waals surface area (Å²) in [5.41, 5.74) is 0.283. The number of sulfone groups is 1. The first-order chi connectivity index (χ1) is 15.1. The third-order valence-corrected chi connectivity index (χ3v) is 7.76. The lowest BCUT2D eigenvalue weighted by molar-refractivity contribution is -0.384. The average Bonchev–Trinajstić information content (AvgIpc) is 3.13. The fourth-order valence-corrected chi connectivity index (χ4v) is 6.06. The maximum Gasteiger partial charge on any atom is 0.339 e. The van der Waals surface area contributed by atoms with E-state index >= 15 is 0 Å². The molecule has 2 heterocycles. The van der Waals surface area contributed by atoms with Crippen LogP contribution in [0, 0.1) is 10.1 Å². The number of hydrogen-bond donors (Lipinski definition) is 0. The summed E-state index contributed by atoms with van der Waals surface area (Å²) in [7, 11) is -3.17. The highest BCUT2D eigenvalue weighted by Gasteiger charge is 2.36. The fourth-order valence-electron chi connectivity index (χ4n) is 4.33. The zero-order valence-electron chi connectivity index (χ0n) is 18.4. The lowest BCUT2D eigenvalue weighted by Crippen LogP contribution is -2.46. The van der Waals surface area contributed by atoms with Gasteiger partial charge in [-0.3, -0.25) is 14.9 Å². The Morgan fingerprint density at radius 3 is 2.53 bits per heavy atom. The van der Waals surface area contributed by atoms with Crippen LogP contribution >= 0.6 is 0 Å². The number of piperidine rings is 1. The number of nitro groups is 1. The van der Waals surface area contributed by atoms with Gasteiger partial charge in [-0.25, -0.2) is 13.2 Å². The van der Waals surface area contributed by atoms with Gasteiger partial charge in [-0.1, -0.05) is 0 Å². The van der Waals surface area contributed by atoms with Crippen LogP contribution in [0.3, 0.4) is 0 Å². The first-order valence-corrected chi connectivity index (χ1v) is 12.7. The third-order valence-electron chi connectivity index (χ3n) is 6.01. The van der Waals surface area contributed by atoms with Gasteiger partial charge in [0.2, 0.25) is 0 Å². The van der Waals surface area contributed by atoms with Crippen LogP contribution in [-0.4, -0.2) is 73.4 Å². The molecule has 0 aliphatic carbocycles. The normalized spacial score (nSPS) is 21.1. The van der Waals surface area contributed by atoms with Crippen molar-refractivity contribution in [2.75, 3.05) is 36.0 Å². The molecular formula is C21H29N3O7S. The number of rotatable bonds is 7. The third kappa shape index (κ3) is 5.37. The Morgan fingerprint density at radius 1 is 1.28 bits per heavy atom. The van der Waals surface area contributed by atoms with E-state index in [4.69, 9.17) is 4.74 Å². The second-order valence-electron chi connectivity index (χ2n) is 8.24. The summed E-state index contributed by atoms with van der Waals surface area (Å²) in [5.74, 6) is -1.39. The van der Waals surface area contributed by atoms with Crippen LogP contribution in [0.2, 0.25) is 0 Å². The Kier molecular flexibility index (Phi) is 7.37. The maximum absolute atomic E-state index is 12.8. The molecular weight excluding hydrogens is 438 g/mol. The summed E-state index contributed by atoms with van der Waals surface area (Å²) >= 11 is 0. The van der Waals surface area contributed by atoms with Gasteiger partial charge in [0.15, 0.2) is 15.9 Å². The summed E-state index contributed by atoms with van der Waals surface area (Å²) in [4.78, 5) is 39.9. The number of nitro benzene ring substituents is 1. The van der Waals surface area contributed by atoms with Crippen LogP contribution in [0.4, 0.5) is 11.4 Å². The second kappa shape index (κ2) is 9.85. The monoisotopic (exact) mass is 467 g/mol. The zero-order valence-corrected chi connectivity index (χ0v) is 19.2. The number of ether oxygens (including phenoxy) is 1. The lowest BCUT2D eigenvalue weighted by atomic mass is 10.1. The molecule has 1 aromatic rings. The molecule has 0 unspecified atom stereocenters. The van der Waals surface area contributed by atoms with Gasteiger partial charge in [0.1, 0.15) is 5.69 Å². The number of carbonyl (C=O) groups is 2. The van der Waals surface area contributed by atoms with Crippen molar-refractivity contribution in [3.8, 4) is 0 Å². The molecule has 2 saturated heterocycles. The minimum Gasteiger partial charge on any atom is -0.449 e. The molecule has 0 aromatic heterocycles. The highest BCUT2D eigenvalue weighted by atomic mass is 32.2. The number of esters is 1. The van der Waals surface area contributed by atoms with Gasteiger partial charge in [0.25, 0.3) is 11.6 Å². The van der Waals surface area contributed by atoms with Crippen molar-refractivity contribution in [1.82, 2.24) is 4.90 Å². The smallest absolute Gasteiger partial charge is 0.339 e. The molecule has 11 heteroatoms. The van der Waals surface area contributed by atoms with E-state index in [-0.39, 0.29) is 29.3 Å². The lowest BCUT2D eigenvalue weighted by Gasteiger charge is -2.29. The van der Waals surface area contributed by atoms with Crippen molar-refractivity contribution in [2.45, 2.75) is 51.7 Å². The topological polar surface area (TPSA) is 127 Å². The van der Waals surface area contributed by atoms with Crippen LogP contribution in [0.25, 0.3) is 0 Å². The van der Waals surface area contributed by atoms with Crippen molar-refractivity contribution in [3.63, 3.8) is 0 Å². The fraction of sp³-hybridized carbons (Fsp3) is 0.619. The molecule has 1 aromatic carbocycles. The minimum absolute atomic E-state index is 0.0106. The molecule has 176 valence electrons. The Balaban J connectivity index is 1.72. The number of likely N-dealkylation sites (N-methyl/N-ethyl adjacent to an activating group) is 1. The molecule has 0 spiro atoms. The standard InChI is InChI=1S/C21H29N3O7S/c1-3-23(17-9-12-32(29,30)14-17)20(25)15(2)31-21(26)16-7-8-18(19(13-16)24(27)28)22-10-5-4-6-11-22/h7-8,13,15,17H,3-6,9-12,14H2,1-2H3/t15-,17-/m0/s1. The van der Waals surface area contributed by atoms with Crippen molar-refractivity contribution in [2.24, 2.45) is 0 Å². The van der Waals surface area contributed by atoms with E-state index in [1.165, 1.54) is 24.0 Å². The van der Waals surface area contributed by atoms with E-state index in [1.807, 2.05) is 4.90 Å². The molecule has 2 fully saturated rings. The zero-order chi connectivity index (χ0) is 23.5. The van der Waals surface area contributed by atoms with Gasteiger partial charge in [-0.15, -0.1) is 0 Å². The van der Waals surface area contributed by atoms with Crippen molar-refractivity contribution in [3.05, 3.63) is 33.9 Å². The molecule has 32 heavy (non-hydrogen) atoms. The van der Waals surface area contributed by atoms with Crippen LogP contribution in [0.1, 0.15) is 49.9 Å². The second-order valence-corrected chi connectivity index (χ2v) is 10.5. The highest BCUT2D eigenvalue weighted by Crippen LogP contribution is 2.31. The molecule has 0 N–H and O–H groups in total. The molecule has 10 nitrogen and oxygen atoms in total. The summed E-state index contributed by atoms with van der Waals surface area (Å²) in [6, 6.07) is 3.76. The van der Waals surface area contributed by atoms with Crippen molar-refractivity contribution >= 4 is 33.1 Å². The van der Waals surface area contributed by atoms with Gasteiger partial charge in [-0.05, 0) is 51.7 Å². The average molecular weight is 468 g/mol. The molecule has 0 bridgehead atoms. The Labute approximate surface area is 187 Å². The number of carbonyl (C=O) groups excluding carboxylic acids is 2. The molecule has 0 radical (unpaired) electrons. The van der Waals surface area contributed by atoms with Gasteiger partial charge >= 0.3 is 5.97 Å². The summed E-state index contributed by atoms with van der Waals surface area (Å²) in [5, 5.41) is 11.6.